The van der Waals surface area contributed by atoms with Crippen molar-refractivity contribution in [3.8, 4) is 0 Å². The second-order valence-corrected chi connectivity index (χ2v) is 7.05. The molecule has 0 aromatic heterocycles. The van der Waals surface area contributed by atoms with Gasteiger partial charge in [-0.25, -0.2) is 0 Å². The van der Waals surface area contributed by atoms with Gasteiger partial charge in [0.05, 0.1) is 0 Å². The number of nitrogens with two attached hydrogens (primary N) is 1. The van der Waals surface area contributed by atoms with Crippen LogP contribution in [0.25, 0.3) is 0 Å². The molecule has 1 aliphatic carbocycles. The highest BCUT2D eigenvalue weighted by Gasteiger charge is 2.38. The molecule has 0 spiro atoms. The van der Waals surface area contributed by atoms with Gasteiger partial charge < -0.3 is 11.1 Å². The standard InChI is InChI=1S/C20H23ClN2O.ClH/c21-17-9-7-16(8-10-17)20(12-3-13-20)14-23-19(24)11-6-15-4-1-2-5-18(15)22;/h1-2,4-5,7-10H,3,6,11-14,22H2,(H,23,24);1H. The third-order valence-electron chi connectivity index (χ3n) is 5.07. The predicted molar refractivity (Wildman–Crippen MR) is 106 cm³/mol. The van der Waals surface area contributed by atoms with E-state index in [0.29, 0.717) is 19.4 Å². The number of rotatable bonds is 6. The molecule has 0 bridgehead atoms. The van der Waals surface area contributed by atoms with Crippen molar-refractivity contribution in [3.05, 3.63) is 64.7 Å². The van der Waals surface area contributed by atoms with Crippen LogP contribution < -0.4 is 11.1 Å². The van der Waals surface area contributed by atoms with Crippen LogP contribution in [0.5, 0.6) is 0 Å². The molecule has 0 unspecified atom stereocenters. The molecule has 3 rings (SSSR count). The van der Waals surface area contributed by atoms with Crippen LogP contribution in [0.2, 0.25) is 5.02 Å². The molecule has 1 fully saturated rings. The number of nitrogens with one attached hydrogen (secondary N) is 1. The van der Waals surface area contributed by atoms with Gasteiger partial charge in [-0.1, -0.05) is 48.4 Å². The monoisotopic (exact) mass is 378 g/mol. The molecule has 0 aliphatic heterocycles. The van der Waals surface area contributed by atoms with Crippen LogP contribution >= 0.6 is 24.0 Å². The highest BCUT2D eigenvalue weighted by atomic mass is 35.5. The number of carbonyl (C=O) groups is 1. The number of para-hydroxylation sites is 1. The lowest BCUT2D eigenvalue weighted by Crippen LogP contribution is -2.45. The van der Waals surface area contributed by atoms with E-state index in [1.54, 1.807) is 0 Å². The number of halogens is 2. The molecule has 2 aromatic rings. The zero-order valence-electron chi connectivity index (χ0n) is 14.1. The van der Waals surface area contributed by atoms with Crippen molar-refractivity contribution in [2.45, 2.75) is 37.5 Å². The molecule has 0 radical (unpaired) electrons. The SMILES string of the molecule is Cl.Nc1ccccc1CCC(=O)NCC1(c2ccc(Cl)cc2)CCC1. The molecule has 3 N–H and O–H groups in total. The van der Waals surface area contributed by atoms with Crippen LogP contribution in [0.15, 0.2) is 48.5 Å². The maximum atomic E-state index is 12.2. The van der Waals surface area contributed by atoms with Crippen molar-refractivity contribution in [2.24, 2.45) is 0 Å². The van der Waals surface area contributed by atoms with E-state index >= 15 is 0 Å². The lowest BCUT2D eigenvalue weighted by atomic mass is 9.64. The number of aryl methyl sites for hydroxylation is 1. The van der Waals surface area contributed by atoms with E-state index in [1.807, 2.05) is 36.4 Å². The van der Waals surface area contributed by atoms with Crippen molar-refractivity contribution in [3.63, 3.8) is 0 Å². The number of hydrogen-bond donors (Lipinski definition) is 2. The van der Waals surface area contributed by atoms with E-state index in [1.165, 1.54) is 12.0 Å². The Morgan fingerprint density at radius 2 is 1.80 bits per heavy atom. The number of benzene rings is 2. The van der Waals surface area contributed by atoms with Gasteiger partial charge in [-0.15, -0.1) is 12.4 Å². The molecule has 5 heteroatoms. The highest BCUT2D eigenvalue weighted by molar-refractivity contribution is 6.30. The number of hydrogen-bond acceptors (Lipinski definition) is 2. The second-order valence-electron chi connectivity index (χ2n) is 6.62. The summed E-state index contributed by atoms with van der Waals surface area (Å²) < 4.78 is 0. The van der Waals surface area contributed by atoms with Gasteiger partial charge in [-0.3, -0.25) is 4.79 Å². The van der Waals surface area contributed by atoms with Crippen molar-refractivity contribution in [2.75, 3.05) is 12.3 Å². The first-order chi connectivity index (χ1) is 11.6. The first-order valence-electron chi connectivity index (χ1n) is 8.45. The molecule has 1 aliphatic rings. The van der Waals surface area contributed by atoms with Crippen LogP contribution in [0.1, 0.15) is 36.8 Å². The van der Waals surface area contributed by atoms with Crippen molar-refractivity contribution in [1.29, 1.82) is 0 Å². The molecule has 0 heterocycles. The summed E-state index contributed by atoms with van der Waals surface area (Å²) in [5, 5.41) is 3.86. The van der Waals surface area contributed by atoms with Gasteiger partial charge >= 0.3 is 0 Å². The first-order valence-corrected chi connectivity index (χ1v) is 8.83. The maximum absolute atomic E-state index is 12.2. The third-order valence-corrected chi connectivity index (χ3v) is 5.32. The summed E-state index contributed by atoms with van der Waals surface area (Å²) in [7, 11) is 0. The molecule has 0 atom stereocenters. The van der Waals surface area contributed by atoms with E-state index in [4.69, 9.17) is 17.3 Å². The summed E-state index contributed by atoms with van der Waals surface area (Å²) in [6.45, 7) is 0.692. The van der Waals surface area contributed by atoms with Crippen LogP contribution in [0, 0.1) is 0 Å². The average molecular weight is 379 g/mol. The van der Waals surface area contributed by atoms with E-state index < -0.39 is 0 Å². The largest absolute Gasteiger partial charge is 0.399 e. The molecular formula is C20H24Cl2N2O. The average Bonchev–Trinajstić information content (AvgIpc) is 2.54. The summed E-state index contributed by atoms with van der Waals surface area (Å²) in [5.74, 6) is 0.0819. The highest BCUT2D eigenvalue weighted by Crippen LogP contribution is 2.43. The Bertz CT molecular complexity index is 712. The van der Waals surface area contributed by atoms with Gasteiger partial charge in [0.2, 0.25) is 5.91 Å². The van der Waals surface area contributed by atoms with Crippen LogP contribution in [-0.4, -0.2) is 12.5 Å². The fourth-order valence-electron chi connectivity index (χ4n) is 3.34. The Labute approximate surface area is 160 Å². The normalized spacial score (nSPS) is 14.9. The van der Waals surface area contributed by atoms with E-state index in [0.717, 1.165) is 29.1 Å². The molecule has 25 heavy (non-hydrogen) atoms. The number of carbonyl (C=O) groups excluding carboxylic acids is 1. The first kappa shape index (κ1) is 19.6. The number of nitrogen functional groups attached to an aromatic ring is 1. The quantitative estimate of drug-likeness (QED) is 0.726. The topological polar surface area (TPSA) is 55.1 Å². The zero-order chi connectivity index (χ0) is 17.0. The van der Waals surface area contributed by atoms with Gasteiger partial charge in [0.25, 0.3) is 0 Å². The van der Waals surface area contributed by atoms with E-state index in [2.05, 4.69) is 17.4 Å². The van der Waals surface area contributed by atoms with Crippen LogP contribution in [-0.2, 0) is 16.6 Å². The molecule has 1 saturated carbocycles. The van der Waals surface area contributed by atoms with Crippen molar-refractivity contribution >= 4 is 35.6 Å². The zero-order valence-corrected chi connectivity index (χ0v) is 15.7. The van der Waals surface area contributed by atoms with Gasteiger partial charge in [0.1, 0.15) is 0 Å². The minimum Gasteiger partial charge on any atom is -0.399 e. The van der Waals surface area contributed by atoms with Crippen LogP contribution in [0.3, 0.4) is 0 Å². The van der Waals surface area contributed by atoms with E-state index in [-0.39, 0.29) is 23.7 Å². The fraction of sp³-hybridized carbons (Fsp3) is 0.350. The van der Waals surface area contributed by atoms with Crippen molar-refractivity contribution < 1.29 is 4.79 Å². The fourth-order valence-corrected chi connectivity index (χ4v) is 3.47. The molecular weight excluding hydrogens is 355 g/mol. The smallest absolute Gasteiger partial charge is 0.220 e. The number of amides is 1. The van der Waals surface area contributed by atoms with E-state index in [9.17, 15) is 4.79 Å². The second kappa shape index (κ2) is 8.59. The van der Waals surface area contributed by atoms with Gasteiger partial charge in [0.15, 0.2) is 0 Å². The van der Waals surface area contributed by atoms with Crippen LogP contribution in [0.4, 0.5) is 5.69 Å². The lowest BCUT2D eigenvalue weighted by molar-refractivity contribution is -0.121. The molecule has 2 aromatic carbocycles. The lowest BCUT2D eigenvalue weighted by Gasteiger charge is -2.42. The predicted octanol–water partition coefficient (Wildman–Crippen LogP) is 4.51. The molecule has 0 saturated heterocycles. The number of anilines is 1. The minimum atomic E-state index is 0. The Kier molecular flexibility index (Phi) is 6.74. The Morgan fingerprint density at radius 1 is 1.12 bits per heavy atom. The summed E-state index contributed by atoms with van der Waals surface area (Å²) in [5.41, 5.74) is 9.05. The maximum Gasteiger partial charge on any atom is 0.220 e. The molecule has 1 amide bonds. The summed E-state index contributed by atoms with van der Waals surface area (Å²) in [6, 6.07) is 15.7. The summed E-state index contributed by atoms with van der Waals surface area (Å²) in [6.07, 6.45) is 4.57. The van der Waals surface area contributed by atoms with Crippen molar-refractivity contribution in [1.82, 2.24) is 5.32 Å². The Morgan fingerprint density at radius 3 is 2.40 bits per heavy atom. The Hall–Kier alpha value is -1.71. The van der Waals surface area contributed by atoms with Gasteiger partial charge in [0, 0.05) is 29.1 Å². The van der Waals surface area contributed by atoms with Gasteiger partial charge in [-0.2, -0.15) is 0 Å². The summed E-state index contributed by atoms with van der Waals surface area (Å²) in [4.78, 5) is 12.2. The Balaban J connectivity index is 0.00000225. The minimum absolute atomic E-state index is 0. The third kappa shape index (κ3) is 4.68. The van der Waals surface area contributed by atoms with Gasteiger partial charge in [-0.05, 0) is 48.6 Å². The molecule has 3 nitrogen and oxygen atoms in total. The summed E-state index contributed by atoms with van der Waals surface area (Å²) >= 11 is 5.98. The molecule has 134 valence electrons.